The van der Waals surface area contributed by atoms with Crippen LogP contribution in [0.4, 0.5) is 5.69 Å². The monoisotopic (exact) mass is 527 g/mol. The average Bonchev–Trinajstić information content (AvgIpc) is 3.10. The lowest BCUT2D eigenvalue weighted by molar-refractivity contribution is -0.151. The van der Waals surface area contributed by atoms with E-state index in [0.29, 0.717) is 10.7 Å². The summed E-state index contributed by atoms with van der Waals surface area (Å²) in [4.78, 5) is 48.7. The van der Waals surface area contributed by atoms with E-state index in [2.05, 4.69) is 26.7 Å². The van der Waals surface area contributed by atoms with E-state index in [-0.39, 0.29) is 23.6 Å². The zero-order valence-electron chi connectivity index (χ0n) is 15.9. The highest BCUT2D eigenvalue weighted by Gasteiger charge is 2.36. The number of rotatable bonds is 6. The molecule has 162 valence electrons. The first kappa shape index (κ1) is 23.1. The van der Waals surface area contributed by atoms with Crippen LogP contribution < -0.4 is 10.7 Å². The third-order valence-electron chi connectivity index (χ3n) is 4.35. The van der Waals surface area contributed by atoms with Crippen LogP contribution in [0.25, 0.3) is 0 Å². The van der Waals surface area contributed by atoms with Crippen molar-refractivity contribution >= 4 is 68.5 Å². The lowest BCUT2D eigenvalue weighted by Crippen LogP contribution is -2.43. The predicted molar refractivity (Wildman–Crippen MR) is 117 cm³/mol. The lowest BCUT2D eigenvalue weighted by atomic mass is 10.1. The Labute approximate surface area is 195 Å². The summed E-state index contributed by atoms with van der Waals surface area (Å²) >= 11 is 15.0. The smallest absolute Gasteiger partial charge is 0.311 e. The Morgan fingerprint density at radius 1 is 1.10 bits per heavy atom. The van der Waals surface area contributed by atoms with Crippen molar-refractivity contribution < 1.29 is 23.9 Å². The molecule has 0 unspecified atom stereocenters. The van der Waals surface area contributed by atoms with Gasteiger partial charge in [-0.2, -0.15) is 0 Å². The van der Waals surface area contributed by atoms with Gasteiger partial charge in [-0.15, -0.1) is 0 Å². The standard InChI is InChI=1S/C20H16BrCl2N3O5/c21-13-2-4-14(5-3-13)24-17(27)10-31-20(30)12-8-18(28)26(9-12)25-19(29)11-1-6-15(22)16(23)7-11/h1-7,12H,8-10H2,(H,24,27)(H,25,29)/t12-/m0/s1. The summed E-state index contributed by atoms with van der Waals surface area (Å²) in [5, 5.41) is 4.13. The molecule has 1 fully saturated rings. The molecule has 0 radical (unpaired) electrons. The summed E-state index contributed by atoms with van der Waals surface area (Å²) in [5.74, 6) is -3.04. The fourth-order valence-corrected chi connectivity index (χ4v) is 3.35. The summed E-state index contributed by atoms with van der Waals surface area (Å²) < 4.78 is 5.87. The molecule has 0 bridgehead atoms. The van der Waals surface area contributed by atoms with Gasteiger partial charge in [-0.3, -0.25) is 29.6 Å². The first-order chi connectivity index (χ1) is 14.7. The van der Waals surface area contributed by atoms with Gasteiger partial charge in [0.1, 0.15) is 0 Å². The van der Waals surface area contributed by atoms with Gasteiger partial charge in [0, 0.05) is 22.1 Å². The van der Waals surface area contributed by atoms with Crippen molar-refractivity contribution in [3.05, 3.63) is 62.5 Å². The van der Waals surface area contributed by atoms with Crippen LogP contribution in [0.15, 0.2) is 46.9 Å². The number of esters is 1. The normalized spacial score (nSPS) is 15.5. The van der Waals surface area contributed by atoms with Gasteiger partial charge in [0.25, 0.3) is 11.8 Å². The molecule has 11 heteroatoms. The molecule has 8 nitrogen and oxygen atoms in total. The van der Waals surface area contributed by atoms with E-state index >= 15 is 0 Å². The molecule has 1 aliphatic rings. The molecule has 1 saturated heterocycles. The van der Waals surface area contributed by atoms with Crippen LogP contribution in [0.2, 0.25) is 10.0 Å². The Morgan fingerprint density at radius 3 is 2.48 bits per heavy atom. The molecule has 1 aliphatic heterocycles. The minimum absolute atomic E-state index is 0.0704. The molecule has 3 rings (SSSR count). The number of benzene rings is 2. The molecule has 0 aliphatic carbocycles. The Kier molecular flexibility index (Phi) is 7.53. The second kappa shape index (κ2) is 10.1. The van der Waals surface area contributed by atoms with E-state index in [1.54, 1.807) is 24.3 Å². The number of halogens is 3. The summed E-state index contributed by atoms with van der Waals surface area (Å²) in [7, 11) is 0. The van der Waals surface area contributed by atoms with Gasteiger partial charge in [-0.25, -0.2) is 0 Å². The second-order valence-electron chi connectivity index (χ2n) is 6.64. The van der Waals surface area contributed by atoms with Gasteiger partial charge in [-0.05, 0) is 42.5 Å². The number of hydrogen-bond acceptors (Lipinski definition) is 5. The molecule has 1 heterocycles. The maximum atomic E-state index is 12.3. The molecule has 0 saturated carbocycles. The number of anilines is 1. The lowest BCUT2D eigenvalue weighted by Gasteiger charge is -2.17. The van der Waals surface area contributed by atoms with E-state index in [4.69, 9.17) is 27.9 Å². The number of amides is 3. The number of nitrogens with zero attached hydrogens (tertiary/aromatic N) is 1. The number of hydrazine groups is 1. The highest BCUT2D eigenvalue weighted by molar-refractivity contribution is 9.10. The van der Waals surface area contributed by atoms with Crippen molar-refractivity contribution in [2.45, 2.75) is 6.42 Å². The second-order valence-corrected chi connectivity index (χ2v) is 8.37. The molecule has 3 amide bonds. The number of carbonyl (C=O) groups excluding carboxylic acids is 4. The Hall–Kier alpha value is -2.62. The highest BCUT2D eigenvalue weighted by Crippen LogP contribution is 2.23. The minimum Gasteiger partial charge on any atom is -0.455 e. The fourth-order valence-electron chi connectivity index (χ4n) is 2.78. The number of carbonyl (C=O) groups is 4. The van der Waals surface area contributed by atoms with Crippen molar-refractivity contribution in [2.75, 3.05) is 18.5 Å². The van der Waals surface area contributed by atoms with Gasteiger partial charge < -0.3 is 10.1 Å². The summed E-state index contributed by atoms with van der Waals surface area (Å²) in [5.41, 5.74) is 3.19. The molecular formula is C20H16BrCl2N3O5. The third-order valence-corrected chi connectivity index (χ3v) is 5.62. The van der Waals surface area contributed by atoms with Crippen LogP contribution in [0.3, 0.4) is 0 Å². The topological polar surface area (TPSA) is 105 Å². The van der Waals surface area contributed by atoms with Crippen LogP contribution in [0.5, 0.6) is 0 Å². The molecule has 2 aromatic rings. The molecule has 2 N–H and O–H groups in total. The Balaban J connectivity index is 1.49. The number of ether oxygens (including phenoxy) is 1. The minimum atomic E-state index is -0.804. The average molecular weight is 529 g/mol. The van der Waals surface area contributed by atoms with Crippen LogP contribution in [0, 0.1) is 5.92 Å². The van der Waals surface area contributed by atoms with Crippen molar-refractivity contribution in [3.63, 3.8) is 0 Å². The van der Waals surface area contributed by atoms with Crippen LogP contribution >= 0.6 is 39.1 Å². The van der Waals surface area contributed by atoms with Gasteiger partial charge in [0.2, 0.25) is 5.91 Å². The van der Waals surface area contributed by atoms with Gasteiger partial charge in [0.15, 0.2) is 6.61 Å². The van der Waals surface area contributed by atoms with E-state index in [1.807, 2.05) is 0 Å². The molecule has 2 aromatic carbocycles. The van der Waals surface area contributed by atoms with Crippen molar-refractivity contribution in [1.29, 1.82) is 0 Å². The SMILES string of the molecule is O=C(COC(=O)[C@H]1CC(=O)N(NC(=O)c2ccc(Cl)c(Cl)c2)C1)Nc1ccc(Br)cc1. The maximum Gasteiger partial charge on any atom is 0.311 e. The molecule has 0 aromatic heterocycles. The fraction of sp³-hybridized carbons (Fsp3) is 0.200. The zero-order chi connectivity index (χ0) is 22.5. The van der Waals surface area contributed by atoms with E-state index in [9.17, 15) is 19.2 Å². The quantitative estimate of drug-likeness (QED) is 0.559. The largest absolute Gasteiger partial charge is 0.455 e. The molecular weight excluding hydrogens is 513 g/mol. The van der Waals surface area contributed by atoms with Crippen molar-refractivity contribution in [1.82, 2.24) is 10.4 Å². The van der Waals surface area contributed by atoms with Crippen LogP contribution in [-0.4, -0.2) is 41.9 Å². The van der Waals surface area contributed by atoms with Crippen LogP contribution in [0.1, 0.15) is 16.8 Å². The van der Waals surface area contributed by atoms with Gasteiger partial charge in [0.05, 0.1) is 22.5 Å². The van der Waals surface area contributed by atoms with Gasteiger partial charge in [-0.1, -0.05) is 39.1 Å². The number of hydrogen-bond donors (Lipinski definition) is 2. The third kappa shape index (κ3) is 6.19. The Bertz CT molecular complexity index is 1030. The zero-order valence-corrected chi connectivity index (χ0v) is 19.0. The Morgan fingerprint density at radius 2 is 1.81 bits per heavy atom. The number of nitrogens with one attached hydrogen (secondary N) is 2. The summed E-state index contributed by atoms with van der Waals surface area (Å²) in [6, 6.07) is 11.2. The molecule has 31 heavy (non-hydrogen) atoms. The first-order valence-corrected chi connectivity index (χ1v) is 10.6. The highest BCUT2D eigenvalue weighted by atomic mass is 79.9. The van der Waals surface area contributed by atoms with Gasteiger partial charge >= 0.3 is 5.97 Å². The van der Waals surface area contributed by atoms with E-state index in [0.717, 1.165) is 9.48 Å². The van der Waals surface area contributed by atoms with Crippen molar-refractivity contribution in [2.24, 2.45) is 5.92 Å². The molecule has 1 atom stereocenters. The first-order valence-electron chi connectivity index (χ1n) is 9.01. The molecule has 0 spiro atoms. The summed E-state index contributed by atoms with van der Waals surface area (Å²) in [6.07, 6.45) is -0.144. The summed E-state index contributed by atoms with van der Waals surface area (Å²) in [6.45, 7) is -0.561. The van der Waals surface area contributed by atoms with E-state index < -0.39 is 36.2 Å². The van der Waals surface area contributed by atoms with Crippen LogP contribution in [-0.2, 0) is 19.1 Å². The van der Waals surface area contributed by atoms with E-state index in [1.165, 1.54) is 18.2 Å². The van der Waals surface area contributed by atoms with Crippen molar-refractivity contribution in [3.8, 4) is 0 Å². The maximum absolute atomic E-state index is 12.3. The predicted octanol–water partition coefficient (Wildman–Crippen LogP) is 3.43.